The third kappa shape index (κ3) is 5.08. The van der Waals surface area contributed by atoms with Crippen LogP contribution < -0.4 is 5.73 Å². The number of rotatable bonds is 9. The van der Waals surface area contributed by atoms with E-state index < -0.39 is 0 Å². The van der Waals surface area contributed by atoms with E-state index in [-0.39, 0.29) is 0 Å². The van der Waals surface area contributed by atoms with Crippen molar-refractivity contribution in [3.05, 3.63) is 5.82 Å². The number of hydrogen-bond donors (Lipinski definition) is 1. The zero-order valence-corrected chi connectivity index (χ0v) is 11.8. The quantitative estimate of drug-likeness (QED) is 0.545. The molecular formula is C12H24N4S. The van der Waals surface area contributed by atoms with Crippen molar-refractivity contribution in [2.75, 3.05) is 12.3 Å². The number of thioether (sulfide) groups is 1. The van der Waals surface area contributed by atoms with E-state index in [4.69, 9.17) is 5.73 Å². The lowest BCUT2D eigenvalue weighted by Gasteiger charge is -2.06. The molecule has 0 aromatic carbocycles. The SMILES string of the molecule is CCCCCCCSc1nnc(C)n1CCN. The molecule has 1 rings (SSSR count). The fourth-order valence-corrected chi connectivity index (χ4v) is 2.73. The summed E-state index contributed by atoms with van der Waals surface area (Å²) in [6, 6.07) is 0. The number of aromatic nitrogens is 3. The van der Waals surface area contributed by atoms with Gasteiger partial charge in [0.25, 0.3) is 0 Å². The lowest BCUT2D eigenvalue weighted by molar-refractivity contribution is 0.625. The number of hydrogen-bond acceptors (Lipinski definition) is 4. The summed E-state index contributed by atoms with van der Waals surface area (Å²) in [5.41, 5.74) is 5.58. The summed E-state index contributed by atoms with van der Waals surface area (Å²) in [5.74, 6) is 2.09. The first-order chi connectivity index (χ1) is 8.29. The molecule has 5 heteroatoms. The predicted molar refractivity (Wildman–Crippen MR) is 73.3 cm³/mol. The maximum Gasteiger partial charge on any atom is 0.191 e. The van der Waals surface area contributed by atoms with Gasteiger partial charge in [-0.1, -0.05) is 44.4 Å². The van der Waals surface area contributed by atoms with Crippen LogP contribution in [-0.4, -0.2) is 27.1 Å². The fourth-order valence-electron chi connectivity index (χ4n) is 1.72. The smallest absolute Gasteiger partial charge is 0.191 e. The highest BCUT2D eigenvalue weighted by Gasteiger charge is 2.07. The van der Waals surface area contributed by atoms with Crippen LogP contribution in [0.5, 0.6) is 0 Å². The van der Waals surface area contributed by atoms with Crippen molar-refractivity contribution >= 4 is 11.8 Å². The third-order valence-electron chi connectivity index (χ3n) is 2.73. The maximum atomic E-state index is 5.58. The molecule has 0 amide bonds. The Hall–Kier alpha value is -0.550. The normalized spacial score (nSPS) is 11.0. The molecule has 0 aliphatic carbocycles. The topological polar surface area (TPSA) is 56.7 Å². The summed E-state index contributed by atoms with van der Waals surface area (Å²) in [4.78, 5) is 0. The average Bonchev–Trinajstić information content (AvgIpc) is 2.66. The van der Waals surface area contributed by atoms with Gasteiger partial charge in [-0.2, -0.15) is 0 Å². The minimum absolute atomic E-state index is 0.642. The summed E-state index contributed by atoms with van der Waals surface area (Å²) in [5, 5.41) is 9.31. The largest absolute Gasteiger partial charge is 0.329 e. The minimum Gasteiger partial charge on any atom is -0.329 e. The van der Waals surface area contributed by atoms with Gasteiger partial charge >= 0.3 is 0 Å². The molecule has 2 N–H and O–H groups in total. The zero-order chi connectivity index (χ0) is 12.5. The second-order valence-electron chi connectivity index (χ2n) is 4.23. The Morgan fingerprint density at radius 1 is 1.18 bits per heavy atom. The lowest BCUT2D eigenvalue weighted by Crippen LogP contribution is -2.12. The molecule has 0 aliphatic heterocycles. The molecule has 0 unspecified atom stereocenters. The van der Waals surface area contributed by atoms with E-state index in [1.807, 2.05) is 6.92 Å². The summed E-state index contributed by atoms with van der Waals surface area (Å²) >= 11 is 1.80. The van der Waals surface area contributed by atoms with E-state index in [0.29, 0.717) is 6.54 Å². The molecule has 0 fully saturated rings. The Kier molecular flexibility index (Phi) is 7.28. The summed E-state index contributed by atoms with van der Waals surface area (Å²) < 4.78 is 2.11. The third-order valence-corrected chi connectivity index (χ3v) is 3.79. The number of aryl methyl sites for hydroxylation is 1. The van der Waals surface area contributed by atoms with Crippen molar-refractivity contribution in [3.63, 3.8) is 0 Å². The highest BCUT2D eigenvalue weighted by atomic mass is 32.2. The Balaban J connectivity index is 2.26. The van der Waals surface area contributed by atoms with Gasteiger partial charge in [0.15, 0.2) is 5.16 Å². The number of nitrogens with two attached hydrogens (primary N) is 1. The van der Waals surface area contributed by atoms with Crippen LogP contribution in [0.25, 0.3) is 0 Å². The highest BCUT2D eigenvalue weighted by Crippen LogP contribution is 2.18. The second kappa shape index (κ2) is 8.53. The first-order valence-electron chi connectivity index (χ1n) is 6.52. The van der Waals surface area contributed by atoms with Crippen molar-refractivity contribution in [2.45, 2.75) is 57.7 Å². The lowest BCUT2D eigenvalue weighted by atomic mass is 10.2. The molecule has 17 heavy (non-hydrogen) atoms. The van der Waals surface area contributed by atoms with Crippen molar-refractivity contribution in [3.8, 4) is 0 Å². The summed E-state index contributed by atoms with van der Waals surface area (Å²) in [6.45, 7) is 5.68. The Morgan fingerprint density at radius 3 is 2.65 bits per heavy atom. The van der Waals surface area contributed by atoms with Crippen molar-refractivity contribution < 1.29 is 0 Å². The molecule has 4 nitrogen and oxygen atoms in total. The zero-order valence-electron chi connectivity index (χ0n) is 11.0. The Morgan fingerprint density at radius 2 is 1.94 bits per heavy atom. The molecule has 1 aromatic rings. The van der Waals surface area contributed by atoms with Crippen LogP contribution in [0.3, 0.4) is 0 Å². The molecule has 0 aliphatic rings. The van der Waals surface area contributed by atoms with Gasteiger partial charge in [-0.05, 0) is 13.3 Å². The van der Waals surface area contributed by atoms with Crippen LogP contribution in [0.2, 0.25) is 0 Å². The van der Waals surface area contributed by atoms with Gasteiger partial charge in [0, 0.05) is 18.8 Å². The Labute approximate surface area is 108 Å². The first kappa shape index (κ1) is 14.5. The molecule has 0 spiro atoms. The van der Waals surface area contributed by atoms with Gasteiger partial charge in [-0.3, -0.25) is 0 Å². The molecule has 0 radical (unpaired) electrons. The minimum atomic E-state index is 0.642. The van der Waals surface area contributed by atoms with E-state index in [0.717, 1.165) is 23.3 Å². The molecule has 98 valence electrons. The van der Waals surface area contributed by atoms with E-state index >= 15 is 0 Å². The van der Waals surface area contributed by atoms with Gasteiger partial charge in [0.2, 0.25) is 0 Å². The highest BCUT2D eigenvalue weighted by molar-refractivity contribution is 7.99. The van der Waals surface area contributed by atoms with Crippen LogP contribution in [-0.2, 0) is 6.54 Å². The summed E-state index contributed by atoms with van der Waals surface area (Å²) in [6.07, 6.45) is 6.60. The van der Waals surface area contributed by atoms with E-state index in [1.54, 1.807) is 11.8 Å². The van der Waals surface area contributed by atoms with Gasteiger partial charge in [0.1, 0.15) is 5.82 Å². The average molecular weight is 256 g/mol. The van der Waals surface area contributed by atoms with Crippen LogP contribution in [0, 0.1) is 6.92 Å². The van der Waals surface area contributed by atoms with Crippen molar-refractivity contribution in [2.24, 2.45) is 5.73 Å². The van der Waals surface area contributed by atoms with Crippen LogP contribution >= 0.6 is 11.8 Å². The van der Waals surface area contributed by atoms with E-state index in [2.05, 4.69) is 21.7 Å². The van der Waals surface area contributed by atoms with Crippen LogP contribution in [0.1, 0.15) is 44.9 Å². The van der Waals surface area contributed by atoms with Gasteiger partial charge in [-0.15, -0.1) is 10.2 Å². The van der Waals surface area contributed by atoms with Gasteiger partial charge < -0.3 is 10.3 Å². The molecule has 0 saturated carbocycles. The molecule has 1 aromatic heterocycles. The fraction of sp³-hybridized carbons (Fsp3) is 0.833. The standard InChI is InChI=1S/C12H24N4S/c1-3-4-5-6-7-10-17-12-15-14-11(2)16(12)9-8-13/h3-10,13H2,1-2H3. The molecule has 0 bridgehead atoms. The molecular weight excluding hydrogens is 232 g/mol. The predicted octanol–water partition coefficient (Wildman–Crippen LogP) is 2.61. The molecule has 0 saturated heterocycles. The van der Waals surface area contributed by atoms with Gasteiger partial charge in [-0.25, -0.2) is 0 Å². The Bertz CT molecular complexity index is 311. The monoisotopic (exact) mass is 256 g/mol. The van der Waals surface area contributed by atoms with Crippen molar-refractivity contribution in [1.29, 1.82) is 0 Å². The van der Waals surface area contributed by atoms with E-state index in [1.165, 1.54) is 32.1 Å². The van der Waals surface area contributed by atoms with Crippen molar-refractivity contribution in [1.82, 2.24) is 14.8 Å². The van der Waals surface area contributed by atoms with Crippen LogP contribution in [0.4, 0.5) is 0 Å². The number of unbranched alkanes of at least 4 members (excludes halogenated alkanes) is 4. The second-order valence-corrected chi connectivity index (χ2v) is 5.29. The van der Waals surface area contributed by atoms with Crippen LogP contribution in [0.15, 0.2) is 5.16 Å². The first-order valence-corrected chi connectivity index (χ1v) is 7.50. The summed E-state index contributed by atoms with van der Waals surface area (Å²) in [7, 11) is 0. The van der Waals surface area contributed by atoms with Gasteiger partial charge in [0.05, 0.1) is 0 Å². The molecule has 0 atom stereocenters. The van der Waals surface area contributed by atoms with E-state index in [9.17, 15) is 0 Å². The molecule has 1 heterocycles. The number of nitrogens with zero attached hydrogens (tertiary/aromatic N) is 3. The maximum absolute atomic E-state index is 5.58.